The zero-order valence-electron chi connectivity index (χ0n) is 35.4. The highest BCUT2D eigenvalue weighted by Gasteiger charge is 2.25. The van der Waals surface area contributed by atoms with Crippen LogP contribution in [0.15, 0.2) is 48.6 Å². The Labute approximate surface area is 331 Å². The Balaban J connectivity index is 4.36. The molecule has 0 spiro atoms. The standard InChI is InChI=1S/C46H81NO7/c1-6-8-10-12-14-16-18-19-20-21-22-23-24-25-27-29-31-33-35-37-45(49)54-42(40-52-39-38-43(46(50)51)47(3,4)5)41-53-44(48)36-34-32-30-28-26-17-15-13-11-9-7-2/h8,10,14,16,19-20,22-23,42-43H,6-7,9,11-13,15,17-18,21,24-41H2,1-5H3/b10-8+,16-14+,20-19+,23-22+. The fourth-order valence-electron chi connectivity index (χ4n) is 6.12. The number of ether oxygens (including phenoxy) is 3. The summed E-state index contributed by atoms with van der Waals surface area (Å²) >= 11 is 0. The Kier molecular flexibility index (Phi) is 35.4. The van der Waals surface area contributed by atoms with E-state index in [2.05, 4.69) is 62.5 Å². The maximum absolute atomic E-state index is 12.7. The summed E-state index contributed by atoms with van der Waals surface area (Å²) in [5, 5.41) is 11.6. The number of hydrogen-bond donors (Lipinski definition) is 0. The summed E-state index contributed by atoms with van der Waals surface area (Å²) in [6.07, 6.45) is 42.7. The maximum Gasteiger partial charge on any atom is 0.306 e. The molecule has 0 aromatic heterocycles. The molecular weight excluding hydrogens is 679 g/mol. The Hall–Kier alpha value is -2.71. The highest BCUT2D eigenvalue weighted by atomic mass is 16.6. The monoisotopic (exact) mass is 760 g/mol. The van der Waals surface area contributed by atoms with Gasteiger partial charge >= 0.3 is 11.9 Å². The number of allylic oxidation sites excluding steroid dienone is 8. The summed E-state index contributed by atoms with van der Waals surface area (Å²) in [6.45, 7) is 4.52. The number of esters is 2. The minimum atomic E-state index is -1.13. The minimum absolute atomic E-state index is 0.0354. The second-order valence-electron chi connectivity index (χ2n) is 15.6. The van der Waals surface area contributed by atoms with Crippen molar-refractivity contribution in [2.75, 3.05) is 41.0 Å². The summed E-state index contributed by atoms with van der Waals surface area (Å²) in [5.41, 5.74) is 0. The van der Waals surface area contributed by atoms with Crippen LogP contribution in [0.4, 0.5) is 0 Å². The molecule has 0 aromatic rings. The average Bonchev–Trinajstić information content (AvgIpc) is 3.12. The van der Waals surface area contributed by atoms with E-state index in [1.165, 1.54) is 64.2 Å². The number of carboxylic acids is 1. The summed E-state index contributed by atoms with van der Waals surface area (Å²) in [4.78, 5) is 36.8. The van der Waals surface area contributed by atoms with Gasteiger partial charge < -0.3 is 28.6 Å². The molecule has 312 valence electrons. The fourth-order valence-corrected chi connectivity index (χ4v) is 6.12. The SMILES string of the molecule is CC/C=C/C/C=C/C/C=C/C/C=C/CCCCCCCCC(=O)OC(COCCC(C(=O)[O-])[N+](C)(C)C)COC(=O)CCCCCCCCCCCCC. The molecule has 0 aliphatic heterocycles. The zero-order valence-corrected chi connectivity index (χ0v) is 35.4. The molecule has 0 amide bonds. The molecule has 0 radical (unpaired) electrons. The lowest BCUT2D eigenvalue weighted by atomic mass is 10.1. The molecule has 0 saturated carbocycles. The number of aliphatic carboxylic acids is 1. The van der Waals surface area contributed by atoms with E-state index in [1.54, 1.807) is 21.1 Å². The van der Waals surface area contributed by atoms with E-state index in [1.807, 2.05) is 0 Å². The summed E-state index contributed by atoms with van der Waals surface area (Å²) < 4.78 is 17.1. The second kappa shape index (κ2) is 37.2. The van der Waals surface area contributed by atoms with E-state index in [-0.39, 0.29) is 42.7 Å². The first-order chi connectivity index (χ1) is 26.1. The van der Waals surface area contributed by atoms with Crippen molar-refractivity contribution in [1.29, 1.82) is 0 Å². The maximum atomic E-state index is 12.7. The third-order valence-electron chi connectivity index (χ3n) is 9.48. The number of rotatable bonds is 38. The van der Waals surface area contributed by atoms with Crippen LogP contribution in [0.3, 0.4) is 0 Å². The van der Waals surface area contributed by atoms with Crippen LogP contribution in [0.2, 0.25) is 0 Å². The molecule has 8 heteroatoms. The zero-order chi connectivity index (χ0) is 40.0. The van der Waals surface area contributed by atoms with Gasteiger partial charge in [-0.1, -0.05) is 152 Å². The molecule has 0 fully saturated rings. The first kappa shape index (κ1) is 51.3. The van der Waals surface area contributed by atoms with Crippen molar-refractivity contribution < 1.29 is 38.2 Å². The molecule has 2 unspecified atom stereocenters. The van der Waals surface area contributed by atoms with Crippen LogP contribution in [0.25, 0.3) is 0 Å². The van der Waals surface area contributed by atoms with Gasteiger partial charge in [0.15, 0.2) is 6.10 Å². The molecule has 0 aromatic carbocycles. The lowest BCUT2D eigenvalue weighted by molar-refractivity contribution is -0.889. The third kappa shape index (κ3) is 35.0. The molecule has 8 nitrogen and oxygen atoms in total. The van der Waals surface area contributed by atoms with Crippen molar-refractivity contribution in [1.82, 2.24) is 0 Å². The number of likely N-dealkylation sites (N-methyl/N-ethyl adjacent to an activating group) is 1. The molecule has 0 aliphatic rings. The van der Waals surface area contributed by atoms with Crippen LogP contribution in [0, 0.1) is 0 Å². The van der Waals surface area contributed by atoms with Gasteiger partial charge in [0, 0.05) is 19.3 Å². The highest BCUT2D eigenvalue weighted by Crippen LogP contribution is 2.14. The number of nitrogens with zero attached hydrogens (tertiary/aromatic N) is 1. The quantitative estimate of drug-likeness (QED) is 0.0267. The third-order valence-corrected chi connectivity index (χ3v) is 9.48. The number of carbonyl (C=O) groups is 3. The van der Waals surface area contributed by atoms with Crippen molar-refractivity contribution in [3.8, 4) is 0 Å². The predicted molar refractivity (Wildman–Crippen MR) is 222 cm³/mol. The number of carbonyl (C=O) groups excluding carboxylic acids is 3. The van der Waals surface area contributed by atoms with E-state index in [9.17, 15) is 19.5 Å². The van der Waals surface area contributed by atoms with Gasteiger partial charge in [0.2, 0.25) is 0 Å². The molecule has 54 heavy (non-hydrogen) atoms. The van der Waals surface area contributed by atoms with Gasteiger partial charge in [-0.15, -0.1) is 0 Å². The normalized spacial score (nSPS) is 13.4. The van der Waals surface area contributed by atoms with E-state index >= 15 is 0 Å². The predicted octanol–water partition coefficient (Wildman–Crippen LogP) is 10.3. The smallest absolute Gasteiger partial charge is 0.306 e. The molecule has 0 aliphatic carbocycles. The molecule has 0 N–H and O–H groups in total. The van der Waals surface area contributed by atoms with Gasteiger partial charge in [-0.3, -0.25) is 9.59 Å². The Morgan fingerprint density at radius 3 is 1.54 bits per heavy atom. The summed E-state index contributed by atoms with van der Waals surface area (Å²) in [6, 6.07) is -0.727. The van der Waals surface area contributed by atoms with Gasteiger partial charge in [-0.2, -0.15) is 0 Å². The molecule has 0 rings (SSSR count). The van der Waals surface area contributed by atoms with Gasteiger partial charge in [0.25, 0.3) is 0 Å². The highest BCUT2D eigenvalue weighted by molar-refractivity contribution is 5.70. The van der Waals surface area contributed by atoms with Crippen LogP contribution in [-0.4, -0.2) is 75.5 Å². The van der Waals surface area contributed by atoms with E-state index < -0.39 is 18.1 Å². The molecule has 0 bridgehead atoms. The van der Waals surface area contributed by atoms with Crippen LogP contribution >= 0.6 is 0 Å². The van der Waals surface area contributed by atoms with E-state index in [4.69, 9.17) is 14.2 Å². The van der Waals surface area contributed by atoms with Gasteiger partial charge in [-0.05, 0) is 51.4 Å². The Morgan fingerprint density at radius 2 is 1.04 bits per heavy atom. The van der Waals surface area contributed by atoms with Crippen LogP contribution < -0.4 is 5.11 Å². The number of quaternary nitrogens is 1. The van der Waals surface area contributed by atoms with E-state index in [0.29, 0.717) is 12.8 Å². The van der Waals surface area contributed by atoms with Crippen LogP contribution in [0.5, 0.6) is 0 Å². The van der Waals surface area contributed by atoms with E-state index in [0.717, 1.165) is 77.0 Å². The van der Waals surface area contributed by atoms with Crippen LogP contribution in [0.1, 0.15) is 174 Å². The lowest BCUT2D eigenvalue weighted by Crippen LogP contribution is -2.55. The van der Waals surface area contributed by atoms with Crippen molar-refractivity contribution in [3.63, 3.8) is 0 Å². The Morgan fingerprint density at radius 1 is 0.574 bits per heavy atom. The lowest BCUT2D eigenvalue weighted by Gasteiger charge is -2.34. The van der Waals surface area contributed by atoms with Crippen molar-refractivity contribution in [3.05, 3.63) is 48.6 Å². The van der Waals surface area contributed by atoms with Gasteiger partial charge in [0.05, 0.1) is 40.3 Å². The van der Waals surface area contributed by atoms with Crippen molar-refractivity contribution >= 4 is 17.9 Å². The molecule has 0 saturated heterocycles. The first-order valence-electron chi connectivity index (χ1n) is 21.7. The number of carboxylic acid groups (broad SMARTS) is 1. The number of hydrogen-bond acceptors (Lipinski definition) is 7. The molecule has 2 atom stereocenters. The van der Waals surface area contributed by atoms with Gasteiger partial charge in [0.1, 0.15) is 12.6 Å². The van der Waals surface area contributed by atoms with Crippen molar-refractivity contribution in [2.45, 2.75) is 187 Å². The first-order valence-corrected chi connectivity index (χ1v) is 21.7. The van der Waals surface area contributed by atoms with Gasteiger partial charge in [-0.25, -0.2) is 0 Å². The topological polar surface area (TPSA) is 102 Å². The number of unbranched alkanes of at least 4 members (excludes halogenated alkanes) is 16. The fraction of sp³-hybridized carbons (Fsp3) is 0.761. The van der Waals surface area contributed by atoms with Crippen molar-refractivity contribution in [2.24, 2.45) is 0 Å². The second-order valence-corrected chi connectivity index (χ2v) is 15.6. The Bertz CT molecular complexity index is 1030. The summed E-state index contributed by atoms with van der Waals surface area (Å²) in [5.74, 6) is -1.75. The average molecular weight is 760 g/mol. The minimum Gasteiger partial charge on any atom is -0.544 e. The van der Waals surface area contributed by atoms with Crippen LogP contribution in [-0.2, 0) is 28.6 Å². The molecular formula is C46H81NO7. The largest absolute Gasteiger partial charge is 0.544 e. The summed E-state index contributed by atoms with van der Waals surface area (Å²) in [7, 11) is 5.40. The molecule has 0 heterocycles.